The molecule has 2 amide bonds. The van der Waals surface area contributed by atoms with Gasteiger partial charge in [-0.1, -0.05) is 35.5 Å². The van der Waals surface area contributed by atoms with Crippen molar-refractivity contribution in [2.75, 3.05) is 27.2 Å². The van der Waals surface area contributed by atoms with Crippen molar-refractivity contribution in [3.05, 3.63) is 42.2 Å². The first-order valence-electron chi connectivity index (χ1n) is 10.0. The maximum Gasteiger partial charge on any atom is 0.230 e. The number of benzene rings is 1. The smallest absolute Gasteiger partial charge is 0.230 e. The second-order valence-corrected chi connectivity index (χ2v) is 8.34. The third-order valence-corrected chi connectivity index (χ3v) is 5.82. The summed E-state index contributed by atoms with van der Waals surface area (Å²) in [5.41, 5.74) is 1.10. The van der Waals surface area contributed by atoms with Gasteiger partial charge in [0.15, 0.2) is 0 Å². The quantitative estimate of drug-likeness (QED) is 0.799. The number of carbonyl (C=O) groups excluding carboxylic acids is 2. The normalized spacial score (nSPS) is 22.1. The lowest BCUT2D eigenvalue weighted by molar-refractivity contribution is -0.148. The SMILES string of the molecule is CN(C)C(=O)C1(Cc2cc(-c3ccccc3)no2)CCCN(C(=O)C2CC2)C1. The Balaban J connectivity index is 1.59. The van der Waals surface area contributed by atoms with Crippen LogP contribution in [0.5, 0.6) is 0 Å². The zero-order valence-electron chi connectivity index (χ0n) is 16.6. The van der Waals surface area contributed by atoms with Crippen molar-refractivity contribution in [3.8, 4) is 11.3 Å². The first-order chi connectivity index (χ1) is 13.5. The third kappa shape index (κ3) is 3.68. The average Bonchev–Trinajstić information content (AvgIpc) is 3.46. The molecule has 2 fully saturated rings. The number of carbonyl (C=O) groups is 2. The van der Waals surface area contributed by atoms with E-state index < -0.39 is 5.41 Å². The zero-order valence-corrected chi connectivity index (χ0v) is 16.6. The molecular formula is C22H27N3O3. The fourth-order valence-electron chi connectivity index (χ4n) is 4.25. The second-order valence-electron chi connectivity index (χ2n) is 8.34. The highest BCUT2D eigenvalue weighted by Gasteiger charge is 2.47. The van der Waals surface area contributed by atoms with Gasteiger partial charge in [0.25, 0.3) is 0 Å². The van der Waals surface area contributed by atoms with Gasteiger partial charge >= 0.3 is 0 Å². The summed E-state index contributed by atoms with van der Waals surface area (Å²) in [5.74, 6) is 1.12. The summed E-state index contributed by atoms with van der Waals surface area (Å²) in [6.45, 7) is 1.20. The summed E-state index contributed by atoms with van der Waals surface area (Å²) in [6, 6.07) is 11.8. The number of amides is 2. The fourth-order valence-corrected chi connectivity index (χ4v) is 4.25. The molecule has 1 saturated heterocycles. The van der Waals surface area contributed by atoms with Crippen molar-refractivity contribution in [3.63, 3.8) is 0 Å². The molecule has 6 heteroatoms. The van der Waals surface area contributed by atoms with Gasteiger partial charge in [0.1, 0.15) is 11.5 Å². The molecule has 0 N–H and O–H groups in total. The lowest BCUT2D eigenvalue weighted by Gasteiger charge is -2.42. The summed E-state index contributed by atoms with van der Waals surface area (Å²) in [5, 5.41) is 4.20. The van der Waals surface area contributed by atoms with Crippen LogP contribution in [0, 0.1) is 11.3 Å². The fraction of sp³-hybridized carbons (Fsp3) is 0.500. The predicted molar refractivity (Wildman–Crippen MR) is 105 cm³/mol. The number of likely N-dealkylation sites (tertiary alicyclic amines) is 1. The molecule has 6 nitrogen and oxygen atoms in total. The highest BCUT2D eigenvalue weighted by atomic mass is 16.5. The Kier molecular flexibility index (Phi) is 4.96. The van der Waals surface area contributed by atoms with E-state index in [4.69, 9.17) is 4.52 Å². The topological polar surface area (TPSA) is 66.7 Å². The number of hydrogen-bond donors (Lipinski definition) is 0. The highest BCUT2D eigenvalue weighted by molar-refractivity contribution is 5.86. The van der Waals surface area contributed by atoms with E-state index in [1.807, 2.05) is 41.3 Å². The highest BCUT2D eigenvalue weighted by Crippen LogP contribution is 2.39. The molecule has 1 saturated carbocycles. The van der Waals surface area contributed by atoms with E-state index >= 15 is 0 Å². The molecule has 2 aromatic rings. The molecule has 2 heterocycles. The number of hydrogen-bond acceptors (Lipinski definition) is 4. The monoisotopic (exact) mass is 381 g/mol. The molecule has 0 radical (unpaired) electrons. The molecule has 0 bridgehead atoms. The zero-order chi connectivity index (χ0) is 19.7. The summed E-state index contributed by atoms with van der Waals surface area (Å²) in [6.07, 6.45) is 3.99. The summed E-state index contributed by atoms with van der Waals surface area (Å²) in [7, 11) is 3.56. The van der Waals surface area contributed by atoms with Gasteiger partial charge in [-0.3, -0.25) is 9.59 Å². The molecule has 2 aliphatic rings. The van der Waals surface area contributed by atoms with E-state index in [1.54, 1.807) is 19.0 Å². The van der Waals surface area contributed by atoms with Gasteiger partial charge in [-0.05, 0) is 25.7 Å². The first-order valence-corrected chi connectivity index (χ1v) is 10.0. The van der Waals surface area contributed by atoms with Crippen molar-refractivity contribution >= 4 is 11.8 Å². The second kappa shape index (κ2) is 7.41. The summed E-state index contributed by atoms with van der Waals surface area (Å²) >= 11 is 0. The van der Waals surface area contributed by atoms with Gasteiger partial charge in [0.05, 0.1) is 5.41 Å². The standard InChI is InChI=1S/C22H27N3O3/c1-24(2)21(27)22(11-6-12-25(15-22)20(26)17-9-10-17)14-18-13-19(23-28-18)16-7-4-3-5-8-16/h3-5,7-8,13,17H,6,9-12,14-15H2,1-2H3. The van der Waals surface area contributed by atoms with Crippen LogP contribution in [0.4, 0.5) is 0 Å². The van der Waals surface area contributed by atoms with E-state index in [2.05, 4.69) is 5.16 Å². The Morgan fingerprint density at radius 3 is 2.68 bits per heavy atom. The third-order valence-electron chi connectivity index (χ3n) is 5.82. The molecule has 148 valence electrons. The number of piperidine rings is 1. The molecule has 1 aliphatic heterocycles. The molecule has 1 aromatic heterocycles. The average molecular weight is 381 g/mol. The Bertz CT molecular complexity index is 857. The van der Waals surface area contributed by atoms with Gasteiger partial charge in [-0.2, -0.15) is 0 Å². The van der Waals surface area contributed by atoms with Gasteiger partial charge in [0.2, 0.25) is 11.8 Å². The van der Waals surface area contributed by atoms with Gasteiger partial charge in [0, 0.05) is 51.2 Å². The molecule has 1 atom stereocenters. The minimum absolute atomic E-state index is 0.0541. The predicted octanol–water partition coefficient (Wildman–Crippen LogP) is 2.99. The van der Waals surface area contributed by atoms with Crippen LogP contribution in [0.3, 0.4) is 0 Å². The van der Waals surface area contributed by atoms with Crippen molar-refractivity contribution in [2.24, 2.45) is 11.3 Å². The van der Waals surface area contributed by atoms with Crippen molar-refractivity contribution in [1.82, 2.24) is 15.0 Å². The van der Waals surface area contributed by atoms with Crippen LogP contribution in [-0.4, -0.2) is 54.0 Å². The maximum atomic E-state index is 13.2. The van der Waals surface area contributed by atoms with Crippen LogP contribution in [0.15, 0.2) is 40.9 Å². The number of nitrogens with zero attached hydrogens (tertiary/aromatic N) is 3. The molecule has 28 heavy (non-hydrogen) atoms. The molecular weight excluding hydrogens is 354 g/mol. The largest absolute Gasteiger partial charge is 0.361 e. The lowest BCUT2D eigenvalue weighted by Crippen LogP contribution is -2.54. The van der Waals surface area contributed by atoms with E-state index in [0.29, 0.717) is 18.7 Å². The minimum Gasteiger partial charge on any atom is -0.361 e. The summed E-state index contributed by atoms with van der Waals surface area (Å²) < 4.78 is 5.61. The Labute approximate surface area is 165 Å². The van der Waals surface area contributed by atoms with Crippen LogP contribution in [0.25, 0.3) is 11.3 Å². The summed E-state index contributed by atoms with van der Waals surface area (Å²) in [4.78, 5) is 29.4. The Morgan fingerprint density at radius 2 is 2.00 bits per heavy atom. The van der Waals surface area contributed by atoms with Crippen molar-refractivity contribution < 1.29 is 14.1 Å². The van der Waals surface area contributed by atoms with Crippen LogP contribution < -0.4 is 0 Å². The number of aromatic nitrogens is 1. The molecule has 0 spiro atoms. The van der Waals surface area contributed by atoms with Gasteiger partial charge in [-0.15, -0.1) is 0 Å². The van der Waals surface area contributed by atoms with Crippen LogP contribution >= 0.6 is 0 Å². The maximum absolute atomic E-state index is 13.2. The van der Waals surface area contributed by atoms with Crippen LogP contribution in [0.1, 0.15) is 31.4 Å². The molecule has 1 aromatic carbocycles. The van der Waals surface area contributed by atoms with E-state index in [-0.39, 0.29) is 17.7 Å². The molecule has 1 aliphatic carbocycles. The van der Waals surface area contributed by atoms with E-state index in [9.17, 15) is 9.59 Å². The number of rotatable bonds is 5. The van der Waals surface area contributed by atoms with Crippen molar-refractivity contribution in [2.45, 2.75) is 32.1 Å². The van der Waals surface area contributed by atoms with Gasteiger partial charge < -0.3 is 14.3 Å². The molecule has 4 rings (SSSR count). The van der Waals surface area contributed by atoms with Crippen LogP contribution in [-0.2, 0) is 16.0 Å². The Hall–Kier alpha value is -2.63. The van der Waals surface area contributed by atoms with E-state index in [1.165, 1.54) is 0 Å². The first kappa shape index (κ1) is 18.7. The van der Waals surface area contributed by atoms with Crippen LogP contribution in [0.2, 0.25) is 0 Å². The lowest BCUT2D eigenvalue weighted by atomic mass is 9.75. The molecule has 1 unspecified atom stereocenters. The minimum atomic E-state index is -0.653. The van der Waals surface area contributed by atoms with Gasteiger partial charge in [-0.25, -0.2) is 0 Å². The Morgan fingerprint density at radius 1 is 1.25 bits per heavy atom. The van der Waals surface area contributed by atoms with E-state index in [0.717, 1.165) is 43.5 Å². The van der Waals surface area contributed by atoms with Crippen molar-refractivity contribution in [1.29, 1.82) is 0 Å².